The molecule has 126 valence electrons. The minimum atomic E-state index is -0.00792. The number of anilines is 1. The van der Waals surface area contributed by atoms with Gasteiger partial charge in [-0.1, -0.05) is 54.0 Å². The third-order valence-electron chi connectivity index (χ3n) is 3.80. The Labute approximate surface area is 155 Å². The maximum Gasteiger partial charge on any atom is 0.233 e. The van der Waals surface area contributed by atoms with Gasteiger partial charge >= 0.3 is 0 Å². The first-order chi connectivity index (χ1) is 11.5. The standard InChI is InChI=1S/C17H17Cl2N3OS/c1-3-6-24-17-20-15(19)12-8-14(23)22(16(12)21-17)9-11-4-5-13(18)10(2)7-11/h4-5,7H,3,6,8-9H2,1-2H3. The SMILES string of the molecule is CCCSc1nc(Cl)c2c(n1)N(Cc1ccc(Cl)c(C)c1)C(=O)C2. The van der Waals surface area contributed by atoms with Gasteiger partial charge in [-0.15, -0.1) is 0 Å². The van der Waals surface area contributed by atoms with E-state index in [1.807, 2.05) is 25.1 Å². The Morgan fingerprint density at radius 2 is 2.08 bits per heavy atom. The molecule has 1 aliphatic rings. The number of benzene rings is 1. The van der Waals surface area contributed by atoms with Gasteiger partial charge in [-0.3, -0.25) is 9.69 Å². The number of thioether (sulfide) groups is 1. The maximum atomic E-state index is 12.4. The molecule has 0 aliphatic carbocycles. The van der Waals surface area contributed by atoms with Crippen LogP contribution in [-0.2, 0) is 17.8 Å². The lowest BCUT2D eigenvalue weighted by atomic mass is 10.1. The van der Waals surface area contributed by atoms with Crippen molar-refractivity contribution in [1.29, 1.82) is 0 Å². The first kappa shape index (κ1) is 17.5. The Kier molecular flexibility index (Phi) is 5.33. The number of fused-ring (bicyclic) bond motifs is 1. The van der Waals surface area contributed by atoms with Crippen molar-refractivity contribution in [3.8, 4) is 0 Å². The summed E-state index contributed by atoms with van der Waals surface area (Å²) in [4.78, 5) is 23.0. The number of hydrogen-bond donors (Lipinski definition) is 0. The molecule has 0 fully saturated rings. The molecular weight excluding hydrogens is 365 g/mol. The molecule has 0 atom stereocenters. The molecule has 1 amide bonds. The molecule has 1 aromatic carbocycles. The third kappa shape index (κ3) is 3.53. The van der Waals surface area contributed by atoms with Gasteiger partial charge in [0.05, 0.1) is 13.0 Å². The van der Waals surface area contributed by atoms with Crippen molar-refractivity contribution in [1.82, 2.24) is 9.97 Å². The smallest absolute Gasteiger partial charge is 0.233 e. The van der Waals surface area contributed by atoms with Crippen molar-refractivity contribution in [2.75, 3.05) is 10.7 Å². The van der Waals surface area contributed by atoms with Gasteiger partial charge in [-0.05, 0) is 30.5 Å². The number of hydrogen-bond acceptors (Lipinski definition) is 4. The van der Waals surface area contributed by atoms with Crippen molar-refractivity contribution in [2.24, 2.45) is 0 Å². The van der Waals surface area contributed by atoms with E-state index in [0.29, 0.717) is 28.2 Å². The van der Waals surface area contributed by atoms with Crippen LogP contribution in [0.3, 0.4) is 0 Å². The Balaban J connectivity index is 1.92. The van der Waals surface area contributed by atoms with Crippen molar-refractivity contribution < 1.29 is 4.79 Å². The molecule has 0 unspecified atom stereocenters. The van der Waals surface area contributed by atoms with Crippen molar-refractivity contribution in [2.45, 2.75) is 38.4 Å². The molecule has 0 spiro atoms. The molecule has 3 rings (SSSR count). The van der Waals surface area contributed by atoms with E-state index in [2.05, 4.69) is 16.9 Å². The van der Waals surface area contributed by atoms with Crippen LogP contribution in [0.2, 0.25) is 10.2 Å². The number of carbonyl (C=O) groups excluding carboxylic acids is 1. The fourth-order valence-corrected chi connectivity index (χ4v) is 3.67. The average molecular weight is 382 g/mol. The Hall–Kier alpha value is -1.30. The quantitative estimate of drug-likeness (QED) is 0.428. The first-order valence-corrected chi connectivity index (χ1v) is 9.48. The number of aromatic nitrogens is 2. The highest BCUT2D eigenvalue weighted by atomic mass is 35.5. The van der Waals surface area contributed by atoms with Crippen molar-refractivity contribution in [3.63, 3.8) is 0 Å². The maximum absolute atomic E-state index is 12.4. The van der Waals surface area contributed by atoms with E-state index in [1.165, 1.54) is 0 Å². The molecule has 0 radical (unpaired) electrons. The van der Waals surface area contributed by atoms with Crippen LogP contribution >= 0.6 is 35.0 Å². The first-order valence-electron chi connectivity index (χ1n) is 7.74. The molecule has 0 N–H and O–H groups in total. The highest BCUT2D eigenvalue weighted by Gasteiger charge is 2.32. The van der Waals surface area contributed by atoms with Gasteiger partial charge in [0.15, 0.2) is 5.16 Å². The van der Waals surface area contributed by atoms with Gasteiger partial charge in [0.25, 0.3) is 0 Å². The van der Waals surface area contributed by atoms with Gasteiger partial charge in [0, 0.05) is 16.3 Å². The number of nitrogens with zero attached hydrogens (tertiary/aromatic N) is 3. The van der Waals surface area contributed by atoms with E-state index in [4.69, 9.17) is 23.2 Å². The summed E-state index contributed by atoms with van der Waals surface area (Å²) in [5.41, 5.74) is 2.71. The Morgan fingerprint density at radius 1 is 1.29 bits per heavy atom. The van der Waals surface area contributed by atoms with E-state index in [-0.39, 0.29) is 12.3 Å². The highest BCUT2D eigenvalue weighted by Crippen LogP contribution is 2.34. The van der Waals surface area contributed by atoms with Crippen LogP contribution in [0.5, 0.6) is 0 Å². The summed E-state index contributed by atoms with van der Waals surface area (Å²) in [6, 6.07) is 5.77. The number of aryl methyl sites for hydroxylation is 1. The van der Waals surface area contributed by atoms with Crippen LogP contribution in [0.1, 0.15) is 30.0 Å². The van der Waals surface area contributed by atoms with E-state index >= 15 is 0 Å². The second kappa shape index (κ2) is 7.30. The van der Waals surface area contributed by atoms with Crippen LogP contribution in [0.4, 0.5) is 5.82 Å². The fourth-order valence-electron chi connectivity index (χ4n) is 2.58. The average Bonchev–Trinajstić information content (AvgIpc) is 2.86. The predicted molar refractivity (Wildman–Crippen MR) is 99.1 cm³/mol. The molecule has 2 heterocycles. The number of amides is 1. The summed E-state index contributed by atoms with van der Waals surface area (Å²) in [5, 5.41) is 1.71. The lowest BCUT2D eigenvalue weighted by Gasteiger charge is -2.17. The second-order valence-corrected chi connectivity index (χ2v) is 7.52. The van der Waals surface area contributed by atoms with Crippen molar-refractivity contribution >= 4 is 46.7 Å². The zero-order valence-corrected chi connectivity index (χ0v) is 15.8. The molecule has 1 aliphatic heterocycles. The van der Waals surface area contributed by atoms with Gasteiger partial charge < -0.3 is 0 Å². The summed E-state index contributed by atoms with van der Waals surface area (Å²) in [7, 11) is 0. The molecule has 2 aromatic rings. The molecule has 1 aromatic heterocycles. The molecule has 0 bridgehead atoms. The number of carbonyl (C=O) groups is 1. The Bertz CT molecular complexity index is 798. The zero-order chi connectivity index (χ0) is 17.3. The third-order valence-corrected chi connectivity index (χ3v) is 5.59. The second-order valence-electron chi connectivity index (χ2n) is 5.69. The van der Waals surface area contributed by atoms with Gasteiger partial charge in [0.1, 0.15) is 11.0 Å². The van der Waals surface area contributed by atoms with Gasteiger partial charge in [-0.2, -0.15) is 0 Å². The van der Waals surface area contributed by atoms with Crippen LogP contribution in [0, 0.1) is 6.92 Å². The largest absolute Gasteiger partial charge is 0.292 e. The fraction of sp³-hybridized carbons (Fsp3) is 0.353. The van der Waals surface area contributed by atoms with Crippen molar-refractivity contribution in [3.05, 3.63) is 45.1 Å². The molecule has 7 heteroatoms. The zero-order valence-electron chi connectivity index (χ0n) is 13.5. The lowest BCUT2D eigenvalue weighted by molar-refractivity contribution is -0.117. The van der Waals surface area contributed by atoms with Crippen LogP contribution < -0.4 is 4.90 Å². The van der Waals surface area contributed by atoms with E-state index in [0.717, 1.165) is 28.3 Å². The predicted octanol–water partition coefficient (Wildman–Crippen LogP) is 4.68. The summed E-state index contributed by atoms with van der Waals surface area (Å²) in [6.07, 6.45) is 1.27. The summed E-state index contributed by atoms with van der Waals surface area (Å²) in [6.45, 7) is 4.50. The van der Waals surface area contributed by atoms with Gasteiger partial charge in [-0.25, -0.2) is 9.97 Å². The highest BCUT2D eigenvalue weighted by molar-refractivity contribution is 7.99. The summed E-state index contributed by atoms with van der Waals surface area (Å²) < 4.78 is 0. The van der Waals surface area contributed by atoms with E-state index in [9.17, 15) is 4.79 Å². The minimum absolute atomic E-state index is 0.00792. The topological polar surface area (TPSA) is 46.1 Å². The summed E-state index contributed by atoms with van der Waals surface area (Å²) >= 11 is 13.9. The van der Waals surface area contributed by atoms with E-state index < -0.39 is 0 Å². The molecule has 0 saturated carbocycles. The lowest BCUT2D eigenvalue weighted by Crippen LogP contribution is -2.26. The molecule has 24 heavy (non-hydrogen) atoms. The normalized spacial score (nSPS) is 13.5. The van der Waals surface area contributed by atoms with Crippen LogP contribution in [0.25, 0.3) is 0 Å². The van der Waals surface area contributed by atoms with Crippen LogP contribution in [-0.4, -0.2) is 21.6 Å². The monoisotopic (exact) mass is 381 g/mol. The summed E-state index contributed by atoms with van der Waals surface area (Å²) in [5.74, 6) is 1.54. The molecule has 0 saturated heterocycles. The number of halogens is 2. The van der Waals surface area contributed by atoms with E-state index in [1.54, 1.807) is 16.7 Å². The minimum Gasteiger partial charge on any atom is -0.292 e. The van der Waals surface area contributed by atoms with Gasteiger partial charge in [0.2, 0.25) is 5.91 Å². The molecule has 4 nitrogen and oxygen atoms in total. The van der Waals surface area contributed by atoms with Crippen LogP contribution in [0.15, 0.2) is 23.4 Å². The Morgan fingerprint density at radius 3 is 2.79 bits per heavy atom. The number of rotatable bonds is 5. The molecular formula is C17H17Cl2N3OS.